The smallest absolute Gasteiger partial charge is 0.225 e. The summed E-state index contributed by atoms with van der Waals surface area (Å²) in [6, 6.07) is 0. The van der Waals surface area contributed by atoms with Crippen LogP contribution in [0.15, 0.2) is 6.33 Å². The maximum absolute atomic E-state index is 9.32. The Bertz CT molecular complexity index is 516. The number of aliphatic hydroxyl groups is 2. The summed E-state index contributed by atoms with van der Waals surface area (Å²) < 4.78 is 1.55. The fourth-order valence-corrected chi connectivity index (χ4v) is 1.72. The van der Waals surface area contributed by atoms with Crippen molar-refractivity contribution in [2.24, 2.45) is 0 Å². The summed E-state index contributed by atoms with van der Waals surface area (Å²) in [4.78, 5) is 11.7. The lowest BCUT2D eigenvalue weighted by atomic mass is 10.4. The van der Waals surface area contributed by atoms with Gasteiger partial charge in [-0.25, -0.2) is 9.97 Å². The summed E-state index contributed by atoms with van der Waals surface area (Å²) in [5, 5.41) is 18.2. The molecule has 0 aliphatic heterocycles. The molecule has 2 heterocycles. The molecule has 0 aromatic carbocycles. The minimum atomic E-state index is -0.884. The third-order valence-electron chi connectivity index (χ3n) is 2.01. The molecule has 0 radical (unpaired) electrons. The van der Waals surface area contributed by atoms with Crippen LogP contribution in [0.1, 0.15) is 0 Å². The Balaban J connectivity index is 2.47. The lowest BCUT2D eigenvalue weighted by molar-refractivity contribution is 0.0820. The summed E-state index contributed by atoms with van der Waals surface area (Å²) >= 11 is 11.5. The number of hydrogen-bond acceptors (Lipinski definition) is 5. The van der Waals surface area contributed by atoms with E-state index in [0.29, 0.717) is 11.2 Å². The lowest BCUT2D eigenvalue weighted by Crippen LogP contribution is -2.19. The van der Waals surface area contributed by atoms with Crippen LogP contribution in [-0.2, 0) is 6.54 Å². The highest BCUT2D eigenvalue weighted by atomic mass is 35.5. The summed E-state index contributed by atoms with van der Waals surface area (Å²) in [5.74, 6) is 0. The molecule has 0 aliphatic carbocycles. The number of fused-ring (bicyclic) bond motifs is 1. The normalized spacial score (nSPS) is 13.2. The predicted molar refractivity (Wildman–Crippen MR) is 58.4 cm³/mol. The molecule has 2 aromatic rings. The van der Waals surface area contributed by atoms with E-state index in [9.17, 15) is 5.11 Å². The van der Waals surface area contributed by atoms with Crippen molar-refractivity contribution in [3.8, 4) is 0 Å². The summed E-state index contributed by atoms with van der Waals surface area (Å²) in [6.07, 6.45) is 0.574. The van der Waals surface area contributed by atoms with Crippen molar-refractivity contribution in [2.75, 3.05) is 6.61 Å². The van der Waals surface area contributed by atoms with Crippen LogP contribution in [0, 0.1) is 0 Å². The van der Waals surface area contributed by atoms with Gasteiger partial charge in [-0.1, -0.05) is 11.6 Å². The molecule has 0 amide bonds. The van der Waals surface area contributed by atoms with Gasteiger partial charge in [-0.15, -0.1) is 0 Å². The Labute approximate surface area is 100 Å². The number of aliphatic hydroxyl groups excluding tert-OH is 2. The second-order valence-electron chi connectivity index (χ2n) is 3.19. The molecular weight excluding hydrogens is 255 g/mol. The van der Waals surface area contributed by atoms with Gasteiger partial charge < -0.3 is 14.8 Å². The van der Waals surface area contributed by atoms with Crippen LogP contribution >= 0.6 is 23.2 Å². The molecular formula is C8H8Cl2N4O2. The van der Waals surface area contributed by atoms with Gasteiger partial charge >= 0.3 is 0 Å². The number of aromatic nitrogens is 4. The second-order valence-corrected chi connectivity index (χ2v) is 3.89. The third kappa shape index (κ3) is 2.10. The van der Waals surface area contributed by atoms with Gasteiger partial charge in [0.2, 0.25) is 5.28 Å². The number of imidazole rings is 1. The average Bonchev–Trinajstić information content (AvgIpc) is 2.61. The Morgan fingerprint density at radius 3 is 2.81 bits per heavy atom. The fourth-order valence-electron chi connectivity index (χ4n) is 1.30. The van der Waals surface area contributed by atoms with Gasteiger partial charge in [0.25, 0.3) is 0 Å². The molecule has 2 aromatic heterocycles. The van der Waals surface area contributed by atoms with Crippen LogP contribution in [0.25, 0.3) is 11.2 Å². The monoisotopic (exact) mass is 262 g/mol. The molecule has 0 spiro atoms. The van der Waals surface area contributed by atoms with Gasteiger partial charge in [0.15, 0.2) is 10.8 Å². The van der Waals surface area contributed by atoms with Crippen molar-refractivity contribution >= 4 is 34.4 Å². The fraction of sp³-hybridized carbons (Fsp3) is 0.375. The lowest BCUT2D eigenvalue weighted by Gasteiger charge is -2.08. The van der Waals surface area contributed by atoms with Gasteiger partial charge in [-0.3, -0.25) is 0 Å². The van der Waals surface area contributed by atoms with Crippen LogP contribution in [0.4, 0.5) is 0 Å². The third-order valence-corrected chi connectivity index (χ3v) is 2.44. The van der Waals surface area contributed by atoms with E-state index in [0.717, 1.165) is 0 Å². The zero-order valence-corrected chi connectivity index (χ0v) is 9.52. The van der Waals surface area contributed by atoms with Crippen molar-refractivity contribution < 1.29 is 10.2 Å². The molecule has 8 heteroatoms. The molecule has 16 heavy (non-hydrogen) atoms. The van der Waals surface area contributed by atoms with Gasteiger partial charge in [-0.05, 0) is 11.6 Å². The molecule has 0 saturated carbocycles. The van der Waals surface area contributed by atoms with E-state index in [2.05, 4.69) is 15.0 Å². The molecule has 0 aliphatic rings. The van der Waals surface area contributed by atoms with Crippen LogP contribution in [0.3, 0.4) is 0 Å². The Kier molecular flexibility index (Phi) is 3.25. The van der Waals surface area contributed by atoms with Crippen molar-refractivity contribution in [2.45, 2.75) is 12.6 Å². The molecule has 1 atom stereocenters. The quantitative estimate of drug-likeness (QED) is 0.621. The first-order valence-corrected chi connectivity index (χ1v) is 5.20. The predicted octanol–water partition coefficient (Wildman–Crippen LogP) is 0.486. The highest BCUT2D eigenvalue weighted by molar-refractivity contribution is 6.35. The first-order valence-electron chi connectivity index (χ1n) is 4.44. The van der Waals surface area contributed by atoms with Gasteiger partial charge in [-0.2, -0.15) is 4.98 Å². The van der Waals surface area contributed by atoms with E-state index in [4.69, 9.17) is 28.3 Å². The van der Waals surface area contributed by atoms with Gasteiger partial charge in [0, 0.05) is 0 Å². The van der Waals surface area contributed by atoms with Crippen LogP contribution < -0.4 is 0 Å². The highest BCUT2D eigenvalue weighted by Gasteiger charge is 2.13. The van der Waals surface area contributed by atoms with E-state index in [1.807, 2.05) is 0 Å². The van der Waals surface area contributed by atoms with Crippen molar-refractivity contribution in [3.63, 3.8) is 0 Å². The number of nitrogens with zero attached hydrogens (tertiary/aromatic N) is 4. The van der Waals surface area contributed by atoms with E-state index >= 15 is 0 Å². The molecule has 6 nitrogen and oxygen atoms in total. The molecule has 0 fully saturated rings. The SMILES string of the molecule is OC[C@@H](O)Cn1cnc2c(Cl)nc(Cl)nc21. The second kappa shape index (κ2) is 4.50. The maximum Gasteiger partial charge on any atom is 0.225 e. The van der Waals surface area contributed by atoms with Crippen molar-refractivity contribution in [1.29, 1.82) is 0 Å². The molecule has 0 saturated heterocycles. The zero-order valence-electron chi connectivity index (χ0n) is 8.01. The van der Waals surface area contributed by atoms with E-state index in [1.165, 1.54) is 6.33 Å². The molecule has 2 rings (SSSR count). The van der Waals surface area contributed by atoms with Crippen molar-refractivity contribution in [1.82, 2.24) is 19.5 Å². The molecule has 2 N–H and O–H groups in total. The standard InChI is InChI=1S/C8H8Cl2N4O2/c9-6-5-7(13-8(10)12-6)14(3-11-5)1-4(16)2-15/h3-4,15-16H,1-2H2/t4-/m0/s1. The van der Waals surface area contributed by atoms with Crippen LogP contribution in [0.5, 0.6) is 0 Å². The first-order chi connectivity index (χ1) is 7.61. The van der Waals surface area contributed by atoms with Crippen molar-refractivity contribution in [3.05, 3.63) is 16.8 Å². The highest BCUT2D eigenvalue weighted by Crippen LogP contribution is 2.20. The Morgan fingerprint density at radius 2 is 2.12 bits per heavy atom. The minimum absolute atomic E-state index is 0.0118. The Hall–Kier alpha value is -0.950. The number of halogens is 2. The summed E-state index contributed by atoms with van der Waals surface area (Å²) in [5.41, 5.74) is 0.841. The molecule has 0 unspecified atom stereocenters. The van der Waals surface area contributed by atoms with Gasteiger partial charge in [0.1, 0.15) is 5.52 Å². The first kappa shape index (κ1) is 11.5. The summed E-state index contributed by atoms with van der Waals surface area (Å²) in [6.45, 7) is -0.178. The zero-order chi connectivity index (χ0) is 11.7. The van der Waals surface area contributed by atoms with Crippen LogP contribution in [0.2, 0.25) is 10.4 Å². The van der Waals surface area contributed by atoms with Gasteiger partial charge in [0.05, 0.1) is 25.6 Å². The van der Waals surface area contributed by atoms with Crippen LogP contribution in [-0.4, -0.2) is 42.4 Å². The van der Waals surface area contributed by atoms with E-state index < -0.39 is 6.10 Å². The minimum Gasteiger partial charge on any atom is -0.394 e. The summed E-state index contributed by atoms with van der Waals surface area (Å²) in [7, 11) is 0. The number of hydrogen-bond donors (Lipinski definition) is 2. The molecule has 0 bridgehead atoms. The number of rotatable bonds is 3. The largest absolute Gasteiger partial charge is 0.394 e. The van der Waals surface area contributed by atoms with E-state index in [-0.39, 0.29) is 23.6 Å². The molecule has 86 valence electrons. The average molecular weight is 263 g/mol. The maximum atomic E-state index is 9.32. The van der Waals surface area contributed by atoms with E-state index in [1.54, 1.807) is 4.57 Å². The topological polar surface area (TPSA) is 84.1 Å². The Morgan fingerprint density at radius 1 is 1.38 bits per heavy atom.